The van der Waals surface area contributed by atoms with Gasteiger partial charge in [-0.15, -0.1) is 0 Å². The van der Waals surface area contributed by atoms with E-state index >= 15 is 0 Å². The smallest absolute Gasteiger partial charge is 0.408 e. The average molecular weight is 324 g/mol. The minimum atomic E-state index is -0.855. The van der Waals surface area contributed by atoms with Gasteiger partial charge in [-0.1, -0.05) is 30.3 Å². The van der Waals surface area contributed by atoms with Gasteiger partial charge in [0.25, 0.3) is 5.91 Å². The van der Waals surface area contributed by atoms with Crippen molar-refractivity contribution < 1.29 is 19.1 Å². The Hall–Kier alpha value is -2.02. The van der Waals surface area contributed by atoms with Gasteiger partial charge >= 0.3 is 6.09 Å². The molecule has 0 aromatic heterocycles. The average Bonchev–Trinajstić information content (AvgIpc) is 2.50. The monoisotopic (exact) mass is 324 g/mol. The van der Waals surface area contributed by atoms with Crippen molar-refractivity contribution in [3.8, 4) is 0 Å². The number of rotatable bonds is 6. The van der Waals surface area contributed by atoms with Gasteiger partial charge in [-0.25, -0.2) is 4.79 Å². The van der Waals surface area contributed by atoms with Gasteiger partial charge in [0.2, 0.25) is 5.91 Å². The number of carbonyl (C=O) groups is 3. The maximum atomic E-state index is 12.1. The summed E-state index contributed by atoms with van der Waals surface area (Å²) in [6.07, 6.45) is -0.709. The van der Waals surface area contributed by atoms with Gasteiger partial charge in [-0.05, 0) is 12.5 Å². The van der Waals surface area contributed by atoms with Crippen molar-refractivity contribution in [3.63, 3.8) is 0 Å². The van der Waals surface area contributed by atoms with Crippen molar-refractivity contribution in [2.45, 2.75) is 26.5 Å². The SMILES string of the molecule is CC(=O)N(CCS)C(=O)[C@H](C)NC(=O)OCc1ccccc1. The van der Waals surface area contributed by atoms with Crippen LogP contribution in [0.5, 0.6) is 0 Å². The molecule has 0 fully saturated rings. The van der Waals surface area contributed by atoms with Crippen LogP contribution in [0, 0.1) is 0 Å². The second-order valence-electron chi connectivity index (χ2n) is 4.66. The van der Waals surface area contributed by atoms with Crippen LogP contribution in [0.1, 0.15) is 19.4 Å². The summed E-state index contributed by atoms with van der Waals surface area (Å²) in [7, 11) is 0. The maximum absolute atomic E-state index is 12.1. The molecule has 0 radical (unpaired) electrons. The highest BCUT2D eigenvalue weighted by Crippen LogP contribution is 2.02. The zero-order valence-electron chi connectivity index (χ0n) is 12.6. The van der Waals surface area contributed by atoms with Crippen molar-refractivity contribution in [1.82, 2.24) is 10.2 Å². The van der Waals surface area contributed by atoms with Gasteiger partial charge in [0.15, 0.2) is 0 Å². The van der Waals surface area contributed by atoms with Crippen molar-refractivity contribution in [1.29, 1.82) is 0 Å². The first kappa shape index (κ1) is 18.0. The van der Waals surface area contributed by atoms with Gasteiger partial charge in [0.05, 0.1) is 0 Å². The lowest BCUT2D eigenvalue weighted by Gasteiger charge is -2.22. The van der Waals surface area contributed by atoms with E-state index in [2.05, 4.69) is 17.9 Å². The Labute approximate surface area is 135 Å². The van der Waals surface area contributed by atoms with Crippen LogP contribution < -0.4 is 5.32 Å². The maximum Gasteiger partial charge on any atom is 0.408 e. The van der Waals surface area contributed by atoms with E-state index < -0.39 is 18.0 Å². The molecule has 1 atom stereocenters. The minimum Gasteiger partial charge on any atom is -0.445 e. The highest BCUT2D eigenvalue weighted by atomic mass is 32.1. The van der Waals surface area contributed by atoms with Crippen LogP contribution in [0.3, 0.4) is 0 Å². The quantitative estimate of drug-likeness (QED) is 0.780. The fourth-order valence-corrected chi connectivity index (χ4v) is 1.96. The summed E-state index contributed by atoms with van der Waals surface area (Å²) in [4.78, 5) is 36.2. The van der Waals surface area contributed by atoms with Crippen LogP contribution in [-0.2, 0) is 20.9 Å². The summed E-state index contributed by atoms with van der Waals surface area (Å²) in [5.41, 5.74) is 0.845. The third-order valence-electron chi connectivity index (χ3n) is 2.89. The molecule has 120 valence electrons. The zero-order chi connectivity index (χ0) is 16.5. The predicted molar refractivity (Wildman–Crippen MR) is 85.5 cm³/mol. The summed E-state index contributed by atoms with van der Waals surface area (Å²) >= 11 is 4.00. The largest absolute Gasteiger partial charge is 0.445 e. The van der Waals surface area contributed by atoms with Crippen molar-refractivity contribution in [2.24, 2.45) is 0 Å². The minimum absolute atomic E-state index is 0.112. The van der Waals surface area contributed by atoms with Gasteiger partial charge in [0, 0.05) is 19.2 Å². The Morgan fingerprint density at radius 1 is 1.27 bits per heavy atom. The number of alkyl carbamates (subject to hydrolysis) is 1. The standard InChI is InChI=1S/C15H20N2O4S/c1-11(14(19)17(8-9-22)12(2)18)16-15(20)21-10-13-6-4-3-5-7-13/h3-7,11,22H,8-10H2,1-2H3,(H,16,20)/t11-/m0/s1. The Morgan fingerprint density at radius 3 is 2.45 bits per heavy atom. The Balaban J connectivity index is 2.48. The van der Waals surface area contributed by atoms with Gasteiger partial charge in [-0.2, -0.15) is 12.6 Å². The third kappa shape index (κ3) is 5.77. The summed E-state index contributed by atoms with van der Waals surface area (Å²) in [5, 5.41) is 2.41. The topological polar surface area (TPSA) is 75.7 Å². The molecule has 7 heteroatoms. The molecule has 0 heterocycles. The van der Waals surface area contributed by atoms with Gasteiger partial charge in [0.1, 0.15) is 12.6 Å². The number of ether oxygens (including phenoxy) is 1. The Kier molecular flexibility index (Phi) is 7.45. The highest BCUT2D eigenvalue weighted by molar-refractivity contribution is 7.80. The number of thiol groups is 1. The van der Waals surface area contributed by atoms with Crippen LogP contribution in [0.25, 0.3) is 0 Å². The first-order valence-electron chi connectivity index (χ1n) is 6.85. The molecule has 0 aliphatic heterocycles. The Bertz CT molecular complexity index is 522. The van der Waals surface area contributed by atoms with Crippen LogP contribution in [0.4, 0.5) is 4.79 Å². The van der Waals surface area contributed by atoms with Crippen LogP contribution in [0.2, 0.25) is 0 Å². The van der Waals surface area contributed by atoms with E-state index in [1.54, 1.807) is 0 Å². The van der Waals surface area contributed by atoms with Crippen LogP contribution in [0.15, 0.2) is 30.3 Å². The number of nitrogens with zero attached hydrogens (tertiary/aromatic N) is 1. The molecule has 1 N–H and O–H groups in total. The number of hydrogen-bond donors (Lipinski definition) is 2. The molecule has 1 aromatic rings. The zero-order valence-corrected chi connectivity index (χ0v) is 13.5. The van der Waals surface area contributed by atoms with E-state index in [1.165, 1.54) is 13.8 Å². The number of nitrogens with one attached hydrogen (secondary N) is 1. The fraction of sp³-hybridized carbons (Fsp3) is 0.400. The Morgan fingerprint density at radius 2 is 1.91 bits per heavy atom. The molecule has 22 heavy (non-hydrogen) atoms. The molecule has 0 saturated carbocycles. The molecule has 0 aliphatic carbocycles. The molecule has 0 aliphatic rings. The third-order valence-corrected chi connectivity index (χ3v) is 3.09. The van der Waals surface area contributed by atoms with E-state index in [0.29, 0.717) is 5.75 Å². The van der Waals surface area contributed by atoms with Crippen LogP contribution in [-0.4, -0.2) is 41.1 Å². The second kappa shape index (κ2) is 9.09. The molecule has 1 rings (SSSR count). The summed E-state index contributed by atoms with van der Waals surface area (Å²) < 4.78 is 5.03. The molecular weight excluding hydrogens is 304 g/mol. The molecule has 0 saturated heterocycles. The number of hydrogen-bond acceptors (Lipinski definition) is 5. The van der Waals surface area contributed by atoms with Gasteiger partial charge < -0.3 is 10.1 Å². The molecule has 3 amide bonds. The lowest BCUT2D eigenvalue weighted by molar-refractivity contribution is -0.144. The molecular formula is C15H20N2O4S. The molecule has 1 aromatic carbocycles. The lowest BCUT2D eigenvalue weighted by Crippen LogP contribution is -2.49. The summed E-state index contributed by atoms with van der Waals surface area (Å²) in [6.45, 7) is 3.10. The second-order valence-corrected chi connectivity index (χ2v) is 5.11. The number of imide groups is 1. The molecule has 0 unspecified atom stereocenters. The van der Waals surface area contributed by atoms with E-state index in [9.17, 15) is 14.4 Å². The summed E-state index contributed by atoms with van der Waals surface area (Å²) in [6, 6.07) is 8.34. The molecule has 6 nitrogen and oxygen atoms in total. The van der Waals surface area contributed by atoms with E-state index in [-0.39, 0.29) is 19.1 Å². The van der Waals surface area contributed by atoms with Crippen LogP contribution >= 0.6 is 12.6 Å². The number of carbonyl (C=O) groups excluding carboxylic acids is 3. The first-order valence-corrected chi connectivity index (χ1v) is 7.49. The van der Waals surface area contributed by atoms with Crippen molar-refractivity contribution in [2.75, 3.05) is 12.3 Å². The van der Waals surface area contributed by atoms with Crippen molar-refractivity contribution in [3.05, 3.63) is 35.9 Å². The van der Waals surface area contributed by atoms with E-state index in [1.807, 2.05) is 30.3 Å². The van der Waals surface area contributed by atoms with Gasteiger partial charge in [-0.3, -0.25) is 14.5 Å². The molecule has 0 spiro atoms. The summed E-state index contributed by atoms with van der Waals surface area (Å²) in [5.74, 6) is -0.514. The lowest BCUT2D eigenvalue weighted by atomic mass is 10.2. The molecule has 0 bridgehead atoms. The van der Waals surface area contributed by atoms with Crippen molar-refractivity contribution >= 4 is 30.5 Å². The predicted octanol–water partition coefficient (Wildman–Crippen LogP) is 1.61. The first-order chi connectivity index (χ1) is 10.5. The normalized spacial score (nSPS) is 11.4. The number of benzene rings is 1. The highest BCUT2D eigenvalue weighted by Gasteiger charge is 2.24. The van der Waals surface area contributed by atoms with E-state index in [0.717, 1.165) is 10.5 Å². The van der Waals surface area contributed by atoms with E-state index in [4.69, 9.17) is 4.74 Å². The fourth-order valence-electron chi connectivity index (χ4n) is 1.76. The number of amides is 3.